The monoisotopic (exact) mass is 474 g/mol. The zero-order valence-corrected chi connectivity index (χ0v) is 21.3. The second kappa shape index (κ2) is 9.10. The summed E-state index contributed by atoms with van der Waals surface area (Å²) in [6.07, 6.45) is -5.46. The second-order valence-electron chi connectivity index (χ2n) is 10.6. The number of hydrogen-bond acceptors (Lipinski definition) is 7. The summed E-state index contributed by atoms with van der Waals surface area (Å²) in [5.74, 6) is 0. The Hall–Kier alpha value is -1.98. The SMILES string of the molecule is Cc1cn([C@H]2O[C@@H](CO[Si](C)(C)C(C)(C)C)[C@H](OC(=O)OC(C)(C)C)[C@H]2F)c(=O)[nH]c1=O. The number of ether oxygens (including phenoxy) is 3. The Morgan fingerprint density at radius 2 is 1.81 bits per heavy atom. The Morgan fingerprint density at radius 1 is 1.22 bits per heavy atom. The molecule has 0 saturated carbocycles. The van der Waals surface area contributed by atoms with Gasteiger partial charge in [-0.2, -0.15) is 0 Å². The van der Waals surface area contributed by atoms with E-state index in [1.807, 2.05) is 13.1 Å². The van der Waals surface area contributed by atoms with Crippen LogP contribution in [-0.4, -0.2) is 54.6 Å². The maximum absolute atomic E-state index is 15.5. The Labute approximate surface area is 188 Å². The van der Waals surface area contributed by atoms with Gasteiger partial charge in [0, 0.05) is 11.8 Å². The van der Waals surface area contributed by atoms with E-state index in [1.54, 1.807) is 20.8 Å². The molecule has 2 heterocycles. The third-order valence-corrected chi connectivity index (χ3v) is 10.2. The predicted octanol–water partition coefficient (Wildman–Crippen LogP) is 3.42. The molecule has 1 aromatic heterocycles. The van der Waals surface area contributed by atoms with E-state index in [9.17, 15) is 14.4 Å². The standard InChI is InChI=1S/C21H35FN2O7Si/c1-12-10-24(18(26)23-16(12)25)17-14(22)15(30-19(27)31-20(2,3)4)13(29-17)11-28-32(8,9)21(5,6)7/h10,13-15,17H,11H2,1-9H3,(H,23,25,26)/t13-,14+,15-,17-/m0/s1. The first-order chi connectivity index (χ1) is 14.4. The minimum absolute atomic E-state index is 0.0298. The van der Waals surface area contributed by atoms with Crippen LogP contribution in [0.5, 0.6) is 0 Å². The summed E-state index contributed by atoms with van der Waals surface area (Å²) in [5.41, 5.74) is -2.01. The lowest BCUT2D eigenvalue weighted by molar-refractivity contribution is -0.0675. The average Bonchev–Trinajstić information content (AvgIpc) is 2.90. The quantitative estimate of drug-likeness (QED) is 0.514. The number of carbonyl (C=O) groups excluding carboxylic acids is 1. The molecule has 1 aliphatic heterocycles. The first kappa shape index (κ1) is 26.3. The fraction of sp³-hybridized carbons (Fsp3) is 0.762. The molecule has 1 fully saturated rings. The van der Waals surface area contributed by atoms with Gasteiger partial charge in [-0.1, -0.05) is 20.8 Å². The van der Waals surface area contributed by atoms with Crippen molar-refractivity contribution in [3.8, 4) is 0 Å². The molecule has 0 bridgehead atoms. The number of aryl methyl sites for hydroxylation is 1. The number of rotatable bonds is 5. The number of hydrogen-bond donors (Lipinski definition) is 1. The molecule has 0 spiro atoms. The number of halogens is 1. The van der Waals surface area contributed by atoms with E-state index in [0.717, 1.165) is 4.57 Å². The first-order valence-corrected chi connectivity index (χ1v) is 13.5. The predicted molar refractivity (Wildman–Crippen MR) is 119 cm³/mol. The molecule has 2 rings (SSSR count). The van der Waals surface area contributed by atoms with Crippen LogP contribution in [0.3, 0.4) is 0 Å². The Kier molecular flexibility index (Phi) is 7.47. The number of aromatic nitrogens is 2. The molecule has 1 aliphatic rings. The highest BCUT2D eigenvalue weighted by Crippen LogP contribution is 2.39. The fourth-order valence-electron chi connectivity index (χ4n) is 2.86. The Morgan fingerprint density at radius 3 is 2.34 bits per heavy atom. The highest BCUT2D eigenvalue weighted by Gasteiger charge is 2.50. The largest absolute Gasteiger partial charge is 0.509 e. The molecule has 0 unspecified atom stereocenters. The lowest BCUT2D eigenvalue weighted by Gasteiger charge is -2.37. The van der Waals surface area contributed by atoms with E-state index in [4.69, 9.17) is 18.6 Å². The van der Waals surface area contributed by atoms with Crippen LogP contribution in [0.25, 0.3) is 0 Å². The van der Waals surface area contributed by atoms with Gasteiger partial charge < -0.3 is 18.6 Å². The summed E-state index contributed by atoms with van der Waals surface area (Å²) in [7, 11) is -2.22. The van der Waals surface area contributed by atoms with E-state index in [-0.39, 0.29) is 17.2 Å². The van der Waals surface area contributed by atoms with Crippen molar-refractivity contribution in [2.24, 2.45) is 0 Å². The maximum atomic E-state index is 15.5. The molecule has 1 saturated heterocycles. The molecule has 0 aromatic carbocycles. The lowest BCUT2D eigenvalue weighted by atomic mass is 10.1. The van der Waals surface area contributed by atoms with Crippen LogP contribution < -0.4 is 11.2 Å². The summed E-state index contributed by atoms with van der Waals surface area (Å²) < 4.78 is 38.9. The molecule has 1 aromatic rings. The zero-order valence-electron chi connectivity index (χ0n) is 20.3. The Balaban J connectivity index is 2.33. The number of alkyl halides is 1. The Bertz CT molecular complexity index is 945. The number of aromatic amines is 1. The van der Waals surface area contributed by atoms with Crippen molar-refractivity contribution in [1.82, 2.24) is 9.55 Å². The maximum Gasteiger partial charge on any atom is 0.509 e. The van der Waals surface area contributed by atoms with Gasteiger partial charge in [0.15, 0.2) is 26.8 Å². The van der Waals surface area contributed by atoms with Crippen LogP contribution in [0.15, 0.2) is 15.8 Å². The molecule has 1 N–H and O–H groups in total. The molecule has 0 amide bonds. The molecule has 182 valence electrons. The highest BCUT2D eigenvalue weighted by molar-refractivity contribution is 6.74. The van der Waals surface area contributed by atoms with Gasteiger partial charge in [0.2, 0.25) is 0 Å². The van der Waals surface area contributed by atoms with Crippen molar-refractivity contribution in [1.29, 1.82) is 0 Å². The zero-order chi connectivity index (χ0) is 24.6. The first-order valence-electron chi connectivity index (χ1n) is 10.6. The number of nitrogens with zero attached hydrogens (tertiary/aromatic N) is 1. The van der Waals surface area contributed by atoms with Gasteiger partial charge in [0.1, 0.15) is 11.7 Å². The van der Waals surface area contributed by atoms with Gasteiger partial charge in [-0.3, -0.25) is 14.3 Å². The van der Waals surface area contributed by atoms with Crippen LogP contribution in [-0.2, 0) is 18.6 Å². The van der Waals surface area contributed by atoms with Crippen LogP contribution in [0.2, 0.25) is 18.1 Å². The van der Waals surface area contributed by atoms with Crippen molar-refractivity contribution in [3.05, 3.63) is 32.6 Å². The van der Waals surface area contributed by atoms with Crippen LogP contribution in [0.4, 0.5) is 9.18 Å². The summed E-state index contributed by atoms with van der Waals surface area (Å²) in [4.78, 5) is 38.4. The van der Waals surface area contributed by atoms with E-state index >= 15 is 4.39 Å². The molecule has 11 heteroatoms. The fourth-order valence-corrected chi connectivity index (χ4v) is 3.87. The third-order valence-electron chi connectivity index (χ3n) is 5.72. The molecular formula is C21H35FN2O7Si. The molecule has 0 aliphatic carbocycles. The van der Waals surface area contributed by atoms with Crippen molar-refractivity contribution < 1.29 is 27.8 Å². The van der Waals surface area contributed by atoms with Gasteiger partial charge >= 0.3 is 11.8 Å². The van der Waals surface area contributed by atoms with E-state index < -0.39 is 55.9 Å². The molecule has 32 heavy (non-hydrogen) atoms. The van der Waals surface area contributed by atoms with Gasteiger partial charge in [-0.25, -0.2) is 14.0 Å². The summed E-state index contributed by atoms with van der Waals surface area (Å²) in [6, 6.07) is 0. The summed E-state index contributed by atoms with van der Waals surface area (Å²) in [5, 5.41) is -0.103. The van der Waals surface area contributed by atoms with Crippen molar-refractivity contribution >= 4 is 14.5 Å². The van der Waals surface area contributed by atoms with E-state index in [2.05, 4.69) is 25.8 Å². The molecular weight excluding hydrogens is 439 g/mol. The van der Waals surface area contributed by atoms with Gasteiger partial charge in [0.05, 0.1) is 6.61 Å². The minimum atomic E-state index is -2.22. The number of nitrogens with one attached hydrogen (secondary N) is 1. The van der Waals surface area contributed by atoms with Gasteiger partial charge in [-0.05, 0) is 45.8 Å². The molecule has 0 radical (unpaired) electrons. The summed E-state index contributed by atoms with van der Waals surface area (Å²) >= 11 is 0. The van der Waals surface area contributed by atoms with Gasteiger partial charge in [0.25, 0.3) is 5.56 Å². The number of carbonyl (C=O) groups is 1. The highest BCUT2D eigenvalue weighted by atomic mass is 28.4. The van der Waals surface area contributed by atoms with Crippen molar-refractivity contribution in [2.75, 3.05) is 6.61 Å². The second-order valence-corrected chi connectivity index (χ2v) is 15.4. The molecule has 4 atom stereocenters. The average molecular weight is 475 g/mol. The van der Waals surface area contributed by atoms with Crippen LogP contribution in [0.1, 0.15) is 53.3 Å². The normalized spacial score (nSPS) is 24.4. The van der Waals surface area contributed by atoms with E-state index in [1.165, 1.54) is 13.1 Å². The van der Waals surface area contributed by atoms with Gasteiger partial charge in [-0.15, -0.1) is 0 Å². The smallest absolute Gasteiger partial charge is 0.429 e. The van der Waals surface area contributed by atoms with Crippen molar-refractivity contribution in [2.45, 2.75) is 96.8 Å². The van der Waals surface area contributed by atoms with Crippen LogP contribution in [0, 0.1) is 6.92 Å². The lowest BCUT2D eigenvalue weighted by Crippen LogP contribution is -2.45. The topological polar surface area (TPSA) is 109 Å². The van der Waals surface area contributed by atoms with Crippen LogP contribution >= 0.6 is 0 Å². The summed E-state index contributed by atoms with van der Waals surface area (Å²) in [6.45, 7) is 16.7. The van der Waals surface area contributed by atoms with E-state index in [0.29, 0.717) is 0 Å². The third kappa shape index (κ3) is 6.08. The number of H-pyrrole nitrogens is 1. The molecule has 9 nitrogen and oxygen atoms in total. The minimum Gasteiger partial charge on any atom is -0.429 e. The van der Waals surface area contributed by atoms with Crippen molar-refractivity contribution in [3.63, 3.8) is 0 Å².